The second-order valence-electron chi connectivity index (χ2n) is 6.14. The zero-order valence-corrected chi connectivity index (χ0v) is 17.2. The van der Waals surface area contributed by atoms with Crippen LogP contribution < -0.4 is 15.0 Å². The summed E-state index contributed by atoms with van der Waals surface area (Å²) in [7, 11) is 0. The molecular formula is C19H18FIN3O5+. The Morgan fingerprint density at radius 1 is 1.28 bits per heavy atom. The summed E-state index contributed by atoms with van der Waals surface area (Å²) in [6.07, 6.45) is 0. The van der Waals surface area contributed by atoms with Crippen LogP contribution in [0, 0.1) is 9.39 Å². The van der Waals surface area contributed by atoms with E-state index < -0.39 is 36.2 Å². The Morgan fingerprint density at radius 2 is 2.00 bits per heavy atom. The highest BCUT2D eigenvalue weighted by Gasteiger charge is 2.44. The molecule has 152 valence electrons. The lowest BCUT2D eigenvalue weighted by Gasteiger charge is -2.10. The maximum absolute atomic E-state index is 13.9. The molecule has 0 fully saturated rings. The second kappa shape index (κ2) is 9.18. The van der Waals surface area contributed by atoms with Gasteiger partial charge in [-0.2, -0.15) is 4.90 Å². The molecule has 1 heterocycles. The predicted octanol–water partition coefficient (Wildman–Crippen LogP) is 0.318. The van der Waals surface area contributed by atoms with Crippen LogP contribution in [0.1, 0.15) is 11.6 Å². The lowest BCUT2D eigenvalue weighted by atomic mass is 10.1. The Kier molecular flexibility index (Phi) is 6.64. The van der Waals surface area contributed by atoms with Crippen LogP contribution in [0.2, 0.25) is 0 Å². The number of carbonyl (C=O) groups excluding carboxylic acids is 2. The van der Waals surface area contributed by atoms with Gasteiger partial charge in [-0.05, 0) is 52.9 Å². The molecule has 1 aliphatic heterocycles. The van der Waals surface area contributed by atoms with Gasteiger partial charge in [0.1, 0.15) is 18.2 Å². The molecule has 0 spiro atoms. The van der Waals surface area contributed by atoms with E-state index in [1.165, 1.54) is 12.1 Å². The molecule has 2 aromatic rings. The number of hydrogen-bond donors (Lipinski definition) is 4. The molecule has 0 unspecified atom stereocenters. The van der Waals surface area contributed by atoms with Crippen LogP contribution in [0.4, 0.5) is 10.1 Å². The van der Waals surface area contributed by atoms with E-state index in [0.29, 0.717) is 14.9 Å². The van der Waals surface area contributed by atoms with Crippen molar-refractivity contribution in [2.45, 2.75) is 6.04 Å². The average Bonchev–Trinajstić information content (AvgIpc) is 2.97. The topological polar surface area (TPSA) is 113 Å². The van der Waals surface area contributed by atoms with Crippen LogP contribution in [0.5, 0.6) is 5.75 Å². The van der Waals surface area contributed by atoms with Crippen molar-refractivity contribution in [3.63, 3.8) is 0 Å². The lowest BCUT2D eigenvalue weighted by molar-refractivity contribution is -0.495. The molecule has 8 nitrogen and oxygen atoms in total. The molecule has 29 heavy (non-hydrogen) atoms. The number of rotatable bonds is 7. The van der Waals surface area contributed by atoms with Crippen molar-refractivity contribution in [1.82, 2.24) is 4.90 Å². The van der Waals surface area contributed by atoms with Gasteiger partial charge < -0.3 is 20.3 Å². The minimum absolute atomic E-state index is 0.00970. The third-order valence-corrected chi connectivity index (χ3v) is 4.79. The zero-order chi connectivity index (χ0) is 21.0. The fourth-order valence-electron chi connectivity index (χ4n) is 2.75. The van der Waals surface area contributed by atoms with Crippen LogP contribution in [0.3, 0.4) is 0 Å². The van der Waals surface area contributed by atoms with Gasteiger partial charge in [0.05, 0.1) is 12.3 Å². The fraction of sp³-hybridized carbons (Fsp3) is 0.211. The van der Waals surface area contributed by atoms with Gasteiger partial charge in [0.2, 0.25) is 6.04 Å². The van der Waals surface area contributed by atoms with Crippen molar-refractivity contribution in [2.75, 3.05) is 25.1 Å². The van der Waals surface area contributed by atoms with Crippen molar-refractivity contribution >= 4 is 46.1 Å². The van der Waals surface area contributed by atoms with Gasteiger partial charge in [0.25, 0.3) is 5.91 Å². The first kappa shape index (κ1) is 21.0. The molecule has 0 aromatic heterocycles. The molecule has 2 aromatic carbocycles. The molecular weight excluding hydrogens is 496 g/mol. The number of amides is 2. The van der Waals surface area contributed by atoms with E-state index in [2.05, 4.69) is 10.3 Å². The molecule has 1 aliphatic rings. The van der Waals surface area contributed by atoms with E-state index in [-0.39, 0.29) is 18.9 Å². The van der Waals surface area contributed by atoms with Crippen molar-refractivity contribution in [3.8, 4) is 5.75 Å². The average molecular weight is 514 g/mol. The molecule has 0 bridgehead atoms. The SMILES string of the molecule is O=C(CN1C(=O)[C@@H](c2ccc(OCCO)cc2)[NH+]=C1O)Nc1ccc(I)cc1F. The number of nitrogens with one attached hydrogen (secondary N) is 2. The van der Waals surface area contributed by atoms with Crippen molar-refractivity contribution in [3.05, 3.63) is 57.4 Å². The number of aliphatic hydroxyl groups is 2. The van der Waals surface area contributed by atoms with Gasteiger partial charge >= 0.3 is 11.9 Å². The van der Waals surface area contributed by atoms with E-state index in [9.17, 15) is 19.1 Å². The molecule has 0 saturated carbocycles. The normalized spacial score (nSPS) is 16.0. The van der Waals surface area contributed by atoms with Gasteiger partial charge in [-0.15, -0.1) is 0 Å². The number of halogens is 2. The summed E-state index contributed by atoms with van der Waals surface area (Å²) in [6, 6.07) is 9.54. The third-order valence-electron chi connectivity index (χ3n) is 4.12. The Hall–Kier alpha value is -2.73. The molecule has 0 aliphatic carbocycles. The van der Waals surface area contributed by atoms with E-state index >= 15 is 0 Å². The summed E-state index contributed by atoms with van der Waals surface area (Å²) in [5, 5.41) is 21.2. The van der Waals surface area contributed by atoms with Gasteiger partial charge in [0, 0.05) is 9.13 Å². The first-order chi connectivity index (χ1) is 13.9. The standard InChI is InChI=1S/C19H17FIN3O5/c20-14-9-12(21)3-6-15(14)22-16(26)10-24-18(27)17(23-19(24)28)11-1-4-13(5-2-11)29-8-7-25/h1-6,9,17,25H,7-8,10H2,(H,22,26)(H,23,28)/p+1/t17-/m1/s1. The quantitative estimate of drug-likeness (QED) is 0.398. The summed E-state index contributed by atoms with van der Waals surface area (Å²) in [6.45, 7) is -0.438. The number of benzene rings is 2. The Labute approximate surface area is 179 Å². The smallest absolute Gasteiger partial charge is 0.450 e. The number of nitrogens with zero attached hydrogens (tertiary/aromatic N) is 1. The zero-order valence-electron chi connectivity index (χ0n) is 15.1. The van der Waals surface area contributed by atoms with Crippen LogP contribution in [-0.2, 0) is 9.59 Å². The molecule has 3 rings (SSSR count). The summed E-state index contributed by atoms with van der Waals surface area (Å²) in [4.78, 5) is 28.4. The summed E-state index contributed by atoms with van der Waals surface area (Å²) in [5.41, 5.74) is 0.550. The van der Waals surface area contributed by atoms with Crippen LogP contribution in [0.15, 0.2) is 42.5 Å². The second-order valence-corrected chi connectivity index (χ2v) is 7.38. The van der Waals surface area contributed by atoms with E-state index in [1.807, 2.05) is 22.6 Å². The molecule has 4 N–H and O–H groups in total. The number of amidine groups is 1. The van der Waals surface area contributed by atoms with Gasteiger partial charge in [0.15, 0.2) is 6.54 Å². The minimum Gasteiger partial charge on any atom is -0.491 e. The van der Waals surface area contributed by atoms with E-state index in [0.717, 1.165) is 4.90 Å². The third kappa shape index (κ3) is 5.01. The highest BCUT2D eigenvalue weighted by Crippen LogP contribution is 2.20. The largest absolute Gasteiger partial charge is 0.491 e. The number of hydrogen-bond acceptors (Lipinski definition) is 4. The maximum atomic E-state index is 13.9. The monoisotopic (exact) mass is 514 g/mol. The van der Waals surface area contributed by atoms with Gasteiger partial charge in [-0.3, -0.25) is 4.79 Å². The first-order valence-corrected chi connectivity index (χ1v) is 9.69. The summed E-state index contributed by atoms with van der Waals surface area (Å²) in [5.74, 6) is -1.24. The highest BCUT2D eigenvalue weighted by atomic mass is 127. The Balaban J connectivity index is 1.65. The first-order valence-electron chi connectivity index (χ1n) is 8.61. The van der Waals surface area contributed by atoms with Crippen LogP contribution in [0.25, 0.3) is 0 Å². The number of anilines is 1. The van der Waals surface area contributed by atoms with Crippen molar-refractivity contribution < 1.29 is 33.9 Å². The highest BCUT2D eigenvalue weighted by molar-refractivity contribution is 14.1. The molecule has 0 saturated heterocycles. The van der Waals surface area contributed by atoms with Crippen LogP contribution in [-0.4, -0.2) is 52.7 Å². The van der Waals surface area contributed by atoms with Crippen molar-refractivity contribution in [2.24, 2.45) is 0 Å². The van der Waals surface area contributed by atoms with Crippen molar-refractivity contribution in [1.29, 1.82) is 0 Å². The van der Waals surface area contributed by atoms with E-state index in [1.54, 1.807) is 30.3 Å². The maximum Gasteiger partial charge on any atom is 0.450 e. The predicted molar refractivity (Wildman–Crippen MR) is 110 cm³/mol. The minimum atomic E-state index is -0.871. The number of carbonyl (C=O) groups is 2. The Morgan fingerprint density at radius 3 is 2.66 bits per heavy atom. The summed E-state index contributed by atoms with van der Waals surface area (Å²) >= 11 is 1.95. The van der Waals surface area contributed by atoms with Gasteiger partial charge in [-0.25, -0.2) is 14.2 Å². The lowest BCUT2D eigenvalue weighted by Crippen LogP contribution is -2.72. The molecule has 2 amide bonds. The van der Waals surface area contributed by atoms with Crippen LogP contribution >= 0.6 is 22.6 Å². The Bertz CT molecular complexity index is 951. The number of aliphatic hydroxyl groups excluding tert-OH is 2. The summed E-state index contributed by atoms with van der Waals surface area (Å²) < 4.78 is 19.8. The van der Waals surface area contributed by atoms with Gasteiger partial charge in [-0.1, -0.05) is 12.1 Å². The molecule has 0 radical (unpaired) electrons. The fourth-order valence-corrected chi connectivity index (χ4v) is 3.21. The van der Waals surface area contributed by atoms with E-state index in [4.69, 9.17) is 9.84 Å². The molecule has 1 atom stereocenters. The number of ether oxygens (including phenoxy) is 1. The molecule has 10 heteroatoms.